The van der Waals surface area contributed by atoms with Crippen molar-refractivity contribution in [2.24, 2.45) is 0 Å². The van der Waals surface area contributed by atoms with E-state index in [1.54, 1.807) is 6.92 Å². The van der Waals surface area contributed by atoms with Gasteiger partial charge in [0.2, 0.25) is 0 Å². The Kier molecular flexibility index (Phi) is 8.03. The van der Waals surface area contributed by atoms with E-state index in [4.69, 9.17) is 0 Å². The summed E-state index contributed by atoms with van der Waals surface area (Å²) in [5, 5.41) is 0. The summed E-state index contributed by atoms with van der Waals surface area (Å²) in [4.78, 5) is 0. The van der Waals surface area contributed by atoms with E-state index in [1.165, 1.54) is 0 Å². The quantitative estimate of drug-likeness (QED) is 0.473. The molecule has 13 heavy (non-hydrogen) atoms. The highest BCUT2D eigenvalue weighted by molar-refractivity contribution is 5.42. The van der Waals surface area contributed by atoms with Crippen LogP contribution in [0.2, 0.25) is 0 Å². The van der Waals surface area contributed by atoms with Gasteiger partial charge in [-0.1, -0.05) is 11.8 Å². The normalized spacial score (nSPS) is 4.46. The number of hydrogen-bond acceptors (Lipinski definition) is 0. The molecule has 0 saturated carbocycles. The Balaban J connectivity index is 4.04. The van der Waals surface area contributed by atoms with Crippen molar-refractivity contribution in [1.82, 2.24) is 0 Å². The van der Waals surface area contributed by atoms with Gasteiger partial charge in [-0.2, -0.15) is 0 Å². The van der Waals surface area contributed by atoms with Gasteiger partial charge in [-0.15, -0.1) is 0 Å². The Morgan fingerprint density at radius 2 is 1.23 bits per heavy atom. The summed E-state index contributed by atoms with van der Waals surface area (Å²) >= 11 is 0. The molecule has 0 fully saturated rings. The van der Waals surface area contributed by atoms with Gasteiger partial charge in [0, 0.05) is 0 Å². The van der Waals surface area contributed by atoms with E-state index in [0.29, 0.717) is 0 Å². The molecule has 0 aliphatic heterocycles. The molecule has 0 nitrogen and oxygen atoms in total. The molecule has 0 atom stereocenters. The molecule has 60 valence electrons. The van der Waals surface area contributed by atoms with Gasteiger partial charge < -0.3 is 0 Å². The SMILES string of the molecule is CC#CC#CC#CC#CC#CCF. The summed E-state index contributed by atoms with van der Waals surface area (Å²) in [7, 11) is 0. The molecule has 0 N–H and O–H groups in total. The van der Waals surface area contributed by atoms with Crippen molar-refractivity contribution in [3.05, 3.63) is 0 Å². The van der Waals surface area contributed by atoms with Crippen LogP contribution in [0.15, 0.2) is 0 Å². The lowest BCUT2D eigenvalue weighted by Gasteiger charge is -1.58. The molecule has 0 spiro atoms. The van der Waals surface area contributed by atoms with Crippen molar-refractivity contribution in [3.8, 4) is 59.2 Å². The van der Waals surface area contributed by atoms with Crippen LogP contribution in [0.5, 0.6) is 0 Å². The molecule has 0 amide bonds. The second-order valence-electron chi connectivity index (χ2n) is 1.56. The smallest absolute Gasteiger partial charge is 0.151 e. The Morgan fingerprint density at radius 3 is 1.69 bits per heavy atom. The van der Waals surface area contributed by atoms with E-state index in [0.717, 1.165) is 0 Å². The molecule has 0 rings (SSSR count). The van der Waals surface area contributed by atoms with Crippen LogP contribution in [0.4, 0.5) is 4.39 Å². The van der Waals surface area contributed by atoms with Gasteiger partial charge in [-0.05, 0) is 54.3 Å². The largest absolute Gasteiger partial charge is 0.237 e. The van der Waals surface area contributed by atoms with Crippen molar-refractivity contribution in [2.75, 3.05) is 6.67 Å². The number of rotatable bonds is 0. The first-order valence-electron chi connectivity index (χ1n) is 3.37. The first-order valence-corrected chi connectivity index (χ1v) is 3.37. The van der Waals surface area contributed by atoms with E-state index in [1.807, 2.05) is 0 Å². The molecule has 0 heterocycles. The van der Waals surface area contributed by atoms with Crippen LogP contribution >= 0.6 is 0 Å². The van der Waals surface area contributed by atoms with Crippen molar-refractivity contribution in [2.45, 2.75) is 6.92 Å². The molecule has 0 aliphatic rings. The first kappa shape index (κ1) is 10.7. The second kappa shape index (κ2) is 9.73. The number of hydrogen-bond donors (Lipinski definition) is 0. The van der Waals surface area contributed by atoms with Crippen LogP contribution in [-0.2, 0) is 0 Å². The van der Waals surface area contributed by atoms with Crippen LogP contribution in [0, 0.1) is 59.2 Å². The topological polar surface area (TPSA) is 0 Å². The number of alkyl halides is 1. The standard InChI is InChI=1S/C12H5F/c1-2-3-4-5-6-7-8-9-10-11-12-13/h12H2,1H3. The molecular weight excluding hydrogens is 163 g/mol. The average molecular weight is 168 g/mol. The Hall–Kier alpha value is -2.27. The molecule has 0 aromatic rings. The van der Waals surface area contributed by atoms with E-state index in [2.05, 4.69) is 59.2 Å². The summed E-state index contributed by atoms with van der Waals surface area (Å²) in [5.74, 6) is 24.1. The summed E-state index contributed by atoms with van der Waals surface area (Å²) < 4.78 is 11.4. The lowest BCUT2D eigenvalue weighted by molar-refractivity contribution is 0.573. The van der Waals surface area contributed by atoms with Crippen molar-refractivity contribution in [3.63, 3.8) is 0 Å². The third-order valence-corrected chi connectivity index (χ3v) is 0.718. The van der Waals surface area contributed by atoms with E-state index in [9.17, 15) is 4.39 Å². The summed E-state index contributed by atoms with van der Waals surface area (Å²) in [6.45, 7) is 1.00. The molecule has 0 unspecified atom stereocenters. The molecule has 0 aromatic heterocycles. The van der Waals surface area contributed by atoms with Gasteiger partial charge in [-0.25, -0.2) is 4.39 Å². The zero-order valence-corrected chi connectivity index (χ0v) is 7.09. The number of halogens is 1. The maximum Gasteiger partial charge on any atom is 0.151 e. The molecule has 1 heteroatoms. The Morgan fingerprint density at radius 1 is 0.769 bits per heavy atom. The maximum absolute atomic E-state index is 11.4. The summed E-state index contributed by atoms with van der Waals surface area (Å²) in [5.41, 5.74) is 0. The Bertz CT molecular complexity index is 442. The van der Waals surface area contributed by atoms with Crippen LogP contribution in [0.25, 0.3) is 0 Å². The molecule has 0 bridgehead atoms. The van der Waals surface area contributed by atoms with Gasteiger partial charge in [0.15, 0.2) is 6.67 Å². The molecular formula is C12H5F. The molecule has 0 radical (unpaired) electrons. The first-order chi connectivity index (χ1) is 6.41. The maximum atomic E-state index is 11.4. The van der Waals surface area contributed by atoms with Crippen LogP contribution in [0.3, 0.4) is 0 Å². The minimum atomic E-state index is -0.687. The van der Waals surface area contributed by atoms with E-state index >= 15 is 0 Å². The van der Waals surface area contributed by atoms with Crippen molar-refractivity contribution < 1.29 is 4.39 Å². The second-order valence-corrected chi connectivity index (χ2v) is 1.56. The lowest BCUT2D eigenvalue weighted by Crippen LogP contribution is -1.59. The minimum absolute atomic E-state index is 0.687. The molecule has 0 aliphatic carbocycles. The summed E-state index contributed by atoms with van der Waals surface area (Å²) in [6.07, 6.45) is 0. The lowest BCUT2D eigenvalue weighted by atomic mass is 10.5. The Labute approximate surface area is 77.9 Å². The summed E-state index contributed by atoms with van der Waals surface area (Å²) in [6, 6.07) is 0. The third-order valence-electron chi connectivity index (χ3n) is 0.718. The third kappa shape index (κ3) is 9.73. The highest BCUT2D eigenvalue weighted by Gasteiger charge is 1.59. The van der Waals surface area contributed by atoms with Gasteiger partial charge >= 0.3 is 0 Å². The van der Waals surface area contributed by atoms with E-state index in [-0.39, 0.29) is 0 Å². The highest BCUT2D eigenvalue weighted by Crippen LogP contribution is 1.59. The van der Waals surface area contributed by atoms with Gasteiger partial charge in [0.05, 0.1) is 0 Å². The molecule has 0 saturated heterocycles. The van der Waals surface area contributed by atoms with Crippen LogP contribution < -0.4 is 0 Å². The van der Waals surface area contributed by atoms with Crippen LogP contribution in [-0.4, -0.2) is 6.67 Å². The highest BCUT2D eigenvalue weighted by atomic mass is 19.1. The van der Waals surface area contributed by atoms with Gasteiger partial charge in [0.1, 0.15) is 0 Å². The van der Waals surface area contributed by atoms with Crippen molar-refractivity contribution >= 4 is 0 Å². The minimum Gasteiger partial charge on any atom is -0.237 e. The predicted molar refractivity (Wildman–Crippen MR) is 50.5 cm³/mol. The predicted octanol–water partition coefficient (Wildman–Crippen LogP) is 0.993. The average Bonchev–Trinajstić information content (AvgIpc) is 2.16. The fraction of sp³-hybridized carbons (Fsp3) is 0.167. The fourth-order valence-corrected chi connectivity index (χ4v) is 0.328. The van der Waals surface area contributed by atoms with Gasteiger partial charge in [-0.3, -0.25) is 0 Å². The monoisotopic (exact) mass is 168 g/mol. The fourth-order valence-electron chi connectivity index (χ4n) is 0.328. The van der Waals surface area contributed by atoms with Crippen molar-refractivity contribution in [1.29, 1.82) is 0 Å². The van der Waals surface area contributed by atoms with E-state index < -0.39 is 6.67 Å². The van der Waals surface area contributed by atoms with Crippen LogP contribution in [0.1, 0.15) is 6.92 Å². The molecule has 0 aromatic carbocycles. The zero-order chi connectivity index (χ0) is 9.78. The zero-order valence-electron chi connectivity index (χ0n) is 7.09. The van der Waals surface area contributed by atoms with Gasteiger partial charge in [0.25, 0.3) is 0 Å².